The van der Waals surface area contributed by atoms with Gasteiger partial charge in [-0.25, -0.2) is 0 Å². The number of rotatable bonds is 4. The van der Waals surface area contributed by atoms with E-state index < -0.39 is 0 Å². The molecule has 1 aromatic carbocycles. The van der Waals surface area contributed by atoms with Gasteiger partial charge in [-0.1, -0.05) is 17.7 Å². The fourth-order valence-corrected chi connectivity index (χ4v) is 3.40. The van der Waals surface area contributed by atoms with Crippen molar-refractivity contribution in [1.82, 2.24) is 0 Å². The maximum atomic E-state index is 6.02. The first-order valence-corrected chi connectivity index (χ1v) is 7.90. The average Bonchev–Trinajstić information content (AvgIpc) is 2.74. The lowest BCUT2D eigenvalue weighted by Crippen LogP contribution is -2.17. The highest BCUT2D eigenvalue weighted by molar-refractivity contribution is 9.11. The van der Waals surface area contributed by atoms with E-state index in [0.29, 0.717) is 5.88 Å². The van der Waals surface area contributed by atoms with E-state index in [0.717, 1.165) is 6.54 Å². The molecule has 0 saturated carbocycles. The maximum Gasteiger partial charge on any atom is 0.0701 e. The monoisotopic (exact) mass is 343 g/mol. The zero-order chi connectivity index (χ0) is 13.1. The van der Waals surface area contributed by atoms with Gasteiger partial charge in [0, 0.05) is 25.2 Å². The Kier molecular flexibility index (Phi) is 4.71. The van der Waals surface area contributed by atoms with Gasteiger partial charge in [-0.2, -0.15) is 0 Å². The van der Waals surface area contributed by atoms with Crippen LogP contribution in [0.2, 0.25) is 0 Å². The summed E-state index contributed by atoms with van der Waals surface area (Å²) >= 11 is 11.2. The summed E-state index contributed by atoms with van der Waals surface area (Å²) in [6.07, 6.45) is 0. The number of hydrogen-bond donors (Lipinski definition) is 0. The highest BCUT2D eigenvalue weighted by atomic mass is 79.9. The van der Waals surface area contributed by atoms with Gasteiger partial charge in [0.05, 0.1) is 3.79 Å². The molecule has 96 valence electrons. The van der Waals surface area contributed by atoms with Crippen LogP contribution in [0.3, 0.4) is 0 Å². The summed E-state index contributed by atoms with van der Waals surface area (Å²) in [7, 11) is 2.10. The van der Waals surface area contributed by atoms with Crippen molar-refractivity contribution in [3.05, 3.63) is 50.1 Å². The molecule has 0 aliphatic heterocycles. The van der Waals surface area contributed by atoms with E-state index in [1.165, 1.54) is 26.2 Å². The van der Waals surface area contributed by atoms with E-state index >= 15 is 0 Å². The van der Waals surface area contributed by atoms with Crippen LogP contribution >= 0.6 is 38.9 Å². The molecular formula is C14H15BrClNS. The summed E-state index contributed by atoms with van der Waals surface area (Å²) < 4.78 is 1.17. The zero-order valence-corrected chi connectivity index (χ0v) is 13.6. The van der Waals surface area contributed by atoms with E-state index in [1.807, 2.05) is 0 Å². The number of hydrogen-bond acceptors (Lipinski definition) is 2. The van der Waals surface area contributed by atoms with Gasteiger partial charge < -0.3 is 4.90 Å². The van der Waals surface area contributed by atoms with Crippen molar-refractivity contribution in [2.75, 3.05) is 11.9 Å². The molecule has 0 aliphatic rings. The van der Waals surface area contributed by atoms with Gasteiger partial charge in [-0.05, 0) is 51.5 Å². The van der Waals surface area contributed by atoms with Crippen LogP contribution in [0.25, 0.3) is 0 Å². The highest BCUT2D eigenvalue weighted by Gasteiger charge is 2.08. The lowest BCUT2D eigenvalue weighted by atomic mass is 10.1. The number of benzene rings is 1. The summed E-state index contributed by atoms with van der Waals surface area (Å²) in [5.74, 6) is 0.550. The molecule has 4 heteroatoms. The summed E-state index contributed by atoms with van der Waals surface area (Å²) in [4.78, 5) is 2.24. The van der Waals surface area contributed by atoms with Crippen LogP contribution in [0.4, 0.5) is 5.69 Å². The summed E-state index contributed by atoms with van der Waals surface area (Å²) in [5, 5.41) is 2.18. The molecule has 0 unspecified atom stereocenters. The SMILES string of the molecule is Cc1ccc(N(C)Cc2csc(Br)c2)c(CCl)c1. The molecule has 1 aromatic heterocycles. The highest BCUT2D eigenvalue weighted by Crippen LogP contribution is 2.26. The Morgan fingerprint density at radius 1 is 1.33 bits per heavy atom. The number of halogens is 2. The van der Waals surface area contributed by atoms with Crippen LogP contribution in [0.15, 0.2) is 33.4 Å². The number of nitrogens with zero attached hydrogens (tertiary/aromatic N) is 1. The lowest BCUT2D eigenvalue weighted by molar-refractivity contribution is 0.919. The van der Waals surface area contributed by atoms with Crippen LogP contribution < -0.4 is 4.90 Å². The number of anilines is 1. The van der Waals surface area contributed by atoms with E-state index in [1.54, 1.807) is 11.3 Å². The Balaban J connectivity index is 2.20. The number of aryl methyl sites for hydroxylation is 1. The van der Waals surface area contributed by atoms with Gasteiger partial charge in [-0.3, -0.25) is 0 Å². The van der Waals surface area contributed by atoms with Gasteiger partial charge in [-0.15, -0.1) is 22.9 Å². The molecule has 0 N–H and O–H groups in total. The Bertz CT molecular complexity index is 538. The van der Waals surface area contributed by atoms with Gasteiger partial charge >= 0.3 is 0 Å². The van der Waals surface area contributed by atoms with Crippen molar-refractivity contribution in [3.63, 3.8) is 0 Å². The van der Waals surface area contributed by atoms with Crippen LogP contribution in [-0.2, 0) is 12.4 Å². The third-order valence-corrected chi connectivity index (χ3v) is 4.67. The quantitative estimate of drug-likeness (QED) is 0.690. The minimum Gasteiger partial charge on any atom is -0.370 e. The van der Waals surface area contributed by atoms with E-state index in [9.17, 15) is 0 Å². The van der Waals surface area contributed by atoms with Crippen molar-refractivity contribution in [1.29, 1.82) is 0 Å². The number of thiophene rings is 1. The Labute approximate surface area is 126 Å². The molecule has 0 aliphatic carbocycles. The van der Waals surface area contributed by atoms with Crippen molar-refractivity contribution in [2.45, 2.75) is 19.3 Å². The summed E-state index contributed by atoms with van der Waals surface area (Å²) in [6.45, 7) is 2.99. The topological polar surface area (TPSA) is 3.24 Å². The Hall–Kier alpha value is -0.510. The summed E-state index contributed by atoms with van der Waals surface area (Å²) in [6, 6.07) is 8.60. The maximum absolute atomic E-state index is 6.02. The van der Waals surface area contributed by atoms with Crippen molar-refractivity contribution in [3.8, 4) is 0 Å². The zero-order valence-electron chi connectivity index (χ0n) is 10.4. The second-order valence-corrected chi connectivity index (χ2v) is 6.94. The molecular weight excluding hydrogens is 330 g/mol. The molecule has 1 nitrogen and oxygen atoms in total. The van der Waals surface area contributed by atoms with E-state index in [4.69, 9.17) is 11.6 Å². The van der Waals surface area contributed by atoms with Crippen LogP contribution in [0, 0.1) is 6.92 Å². The van der Waals surface area contributed by atoms with Gasteiger partial charge in [0.1, 0.15) is 0 Å². The third-order valence-electron chi connectivity index (χ3n) is 2.83. The van der Waals surface area contributed by atoms with Crippen LogP contribution in [0.5, 0.6) is 0 Å². The predicted octanol–water partition coefficient (Wildman–Crippen LogP) is 5.19. The molecule has 0 radical (unpaired) electrons. The first-order valence-electron chi connectivity index (χ1n) is 5.69. The van der Waals surface area contributed by atoms with Crippen molar-refractivity contribution >= 4 is 44.6 Å². The second kappa shape index (κ2) is 6.09. The fraction of sp³-hybridized carbons (Fsp3) is 0.286. The number of alkyl halides is 1. The van der Waals surface area contributed by atoms with Gasteiger partial charge in [0.15, 0.2) is 0 Å². The molecule has 0 fully saturated rings. The van der Waals surface area contributed by atoms with E-state index in [2.05, 4.69) is 64.4 Å². The lowest BCUT2D eigenvalue weighted by Gasteiger charge is -2.22. The third kappa shape index (κ3) is 3.28. The minimum absolute atomic E-state index is 0.550. The van der Waals surface area contributed by atoms with Crippen molar-refractivity contribution in [2.24, 2.45) is 0 Å². The molecule has 2 rings (SSSR count). The Morgan fingerprint density at radius 3 is 2.72 bits per heavy atom. The van der Waals surface area contributed by atoms with Gasteiger partial charge in [0.2, 0.25) is 0 Å². The smallest absolute Gasteiger partial charge is 0.0701 e. The molecule has 0 saturated heterocycles. The summed E-state index contributed by atoms with van der Waals surface area (Å²) in [5.41, 5.74) is 4.96. The first kappa shape index (κ1) is 13.9. The molecule has 0 bridgehead atoms. The normalized spacial score (nSPS) is 10.7. The largest absolute Gasteiger partial charge is 0.370 e. The molecule has 0 amide bonds. The molecule has 1 heterocycles. The molecule has 2 aromatic rings. The molecule has 0 spiro atoms. The first-order chi connectivity index (χ1) is 8.60. The standard InChI is InChI=1S/C14H15BrClNS/c1-10-3-4-13(12(5-10)7-16)17(2)8-11-6-14(15)18-9-11/h3-6,9H,7-8H2,1-2H3. The van der Waals surface area contributed by atoms with Gasteiger partial charge in [0.25, 0.3) is 0 Å². The van der Waals surface area contributed by atoms with Crippen LogP contribution in [-0.4, -0.2) is 7.05 Å². The second-order valence-electron chi connectivity index (χ2n) is 4.38. The molecule has 0 atom stereocenters. The van der Waals surface area contributed by atoms with E-state index in [-0.39, 0.29) is 0 Å². The predicted molar refractivity (Wildman–Crippen MR) is 84.9 cm³/mol. The van der Waals surface area contributed by atoms with Crippen LogP contribution in [0.1, 0.15) is 16.7 Å². The minimum atomic E-state index is 0.550. The fourth-order valence-electron chi connectivity index (χ4n) is 1.98. The average molecular weight is 345 g/mol. The molecule has 18 heavy (non-hydrogen) atoms. The Morgan fingerprint density at radius 2 is 2.11 bits per heavy atom. The van der Waals surface area contributed by atoms with Crippen molar-refractivity contribution < 1.29 is 0 Å².